The molecular weight excluding hydrogens is 406 g/mol. The highest BCUT2D eigenvalue weighted by Gasteiger charge is 2.38. The van der Waals surface area contributed by atoms with E-state index in [9.17, 15) is 14.4 Å². The Morgan fingerprint density at radius 2 is 1.78 bits per heavy atom. The van der Waals surface area contributed by atoms with Crippen LogP contribution in [0.5, 0.6) is 0 Å². The summed E-state index contributed by atoms with van der Waals surface area (Å²) in [6.07, 6.45) is 4.61. The molecule has 2 unspecified atom stereocenters. The third-order valence-electron chi connectivity index (χ3n) is 5.55. The molecule has 2 amide bonds. The molecular formula is C25H47N3O4. The largest absolute Gasteiger partial charge is 0.463 e. The number of esters is 1. The van der Waals surface area contributed by atoms with Gasteiger partial charge in [0, 0.05) is 25.2 Å². The predicted molar refractivity (Wildman–Crippen MR) is 130 cm³/mol. The molecule has 1 aliphatic heterocycles. The lowest BCUT2D eigenvalue weighted by Gasteiger charge is -2.40. The number of nitrogens with zero attached hydrogens (tertiary/aromatic N) is 2. The molecule has 0 aromatic heterocycles. The SMILES string of the molecule is CC.CCOC(=O)/C(C)=C/CN(C)C(=O)C(NC(=O)C1CCCCN1C(C)C)C(C)(C)C. The van der Waals surface area contributed by atoms with Gasteiger partial charge in [0.1, 0.15) is 6.04 Å². The van der Waals surface area contributed by atoms with Gasteiger partial charge in [0.15, 0.2) is 0 Å². The van der Waals surface area contributed by atoms with Crippen molar-refractivity contribution in [1.29, 1.82) is 0 Å². The van der Waals surface area contributed by atoms with E-state index < -0.39 is 11.5 Å². The molecule has 1 N–H and O–H groups in total. The van der Waals surface area contributed by atoms with Crippen LogP contribution in [0.4, 0.5) is 0 Å². The highest BCUT2D eigenvalue weighted by Crippen LogP contribution is 2.24. The number of carbonyl (C=O) groups is 3. The predicted octanol–water partition coefficient (Wildman–Crippen LogP) is 3.77. The molecule has 1 heterocycles. The lowest BCUT2D eigenvalue weighted by molar-refractivity contribution is -0.140. The van der Waals surface area contributed by atoms with E-state index in [1.165, 1.54) is 0 Å². The number of hydrogen-bond acceptors (Lipinski definition) is 5. The molecule has 1 aliphatic rings. The Hall–Kier alpha value is -1.89. The summed E-state index contributed by atoms with van der Waals surface area (Å²) >= 11 is 0. The topological polar surface area (TPSA) is 79.0 Å². The van der Waals surface area contributed by atoms with Gasteiger partial charge in [0.25, 0.3) is 0 Å². The summed E-state index contributed by atoms with van der Waals surface area (Å²) < 4.78 is 4.97. The van der Waals surface area contributed by atoms with E-state index in [4.69, 9.17) is 4.74 Å². The van der Waals surface area contributed by atoms with Crippen LogP contribution in [0.1, 0.15) is 81.6 Å². The van der Waals surface area contributed by atoms with E-state index in [2.05, 4.69) is 24.1 Å². The van der Waals surface area contributed by atoms with Crippen LogP contribution in [0.15, 0.2) is 11.6 Å². The van der Waals surface area contributed by atoms with Gasteiger partial charge in [-0.2, -0.15) is 0 Å². The molecule has 7 heteroatoms. The van der Waals surface area contributed by atoms with Crippen molar-refractivity contribution in [2.75, 3.05) is 26.7 Å². The number of nitrogens with one attached hydrogen (secondary N) is 1. The molecule has 186 valence electrons. The molecule has 0 aromatic rings. The number of likely N-dealkylation sites (tertiary alicyclic amines) is 1. The van der Waals surface area contributed by atoms with Gasteiger partial charge in [-0.05, 0) is 52.5 Å². The second-order valence-corrected chi connectivity index (χ2v) is 9.48. The van der Waals surface area contributed by atoms with Crippen molar-refractivity contribution in [1.82, 2.24) is 15.1 Å². The quantitative estimate of drug-likeness (QED) is 0.447. The molecule has 32 heavy (non-hydrogen) atoms. The van der Waals surface area contributed by atoms with Crippen molar-refractivity contribution >= 4 is 17.8 Å². The molecule has 1 saturated heterocycles. The first kappa shape index (κ1) is 30.1. The van der Waals surface area contributed by atoms with Gasteiger partial charge in [0.2, 0.25) is 11.8 Å². The average Bonchev–Trinajstić information content (AvgIpc) is 2.75. The van der Waals surface area contributed by atoms with Crippen molar-refractivity contribution in [2.45, 2.75) is 99.7 Å². The van der Waals surface area contributed by atoms with Crippen molar-refractivity contribution in [2.24, 2.45) is 5.41 Å². The van der Waals surface area contributed by atoms with E-state index in [0.29, 0.717) is 12.2 Å². The highest BCUT2D eigenvalue weighted by atomic mass is 16.5. The first-order chi connectivity index (χ1) is 14.9. The number of rotatable bonds is 8. The van der Waals surface area contributed by atoms with Crippen molar-refractivity contribution in [3.63, 3.8) is 0 Å². The molecule has 7 nitrogen and oxygen atoms in total. The molecule has 0 saturated carbocycles. The van der Waals surface area contributed by atoms with Crippen molar-refractivity contribution in [3.05, 3.63) is 11.6 Å². The minimum absolute atomic E-state index is 0.0803. The number of amides is 2. The normalized spacial score (nSPS) is 18.3. The van der Waals surface area contributed by atoms with Crippen LogP contribution >= 0.6 is 0 Å². The van der Waals surface area contributed by atoms with E-state index in [-0.39, 0.29) is 36.4 Å². The smallest absolute Gasteiger partial charge is 0.333 e. The van der Waals surface area contributed by atoms with Gasteiger partial charge in [-0.1, -0.05) is 47.1 Å². The Bertz CT molecular complexity index is 638. The summed E-state index contributed by atoms with van der Waals surface area (Å²) in [4.78, 5) is 41.8. The first-order valence-electron chi connectivity index (χ1n) is 12.0. The monoisotopic (exact) mass is 453 g/mol. The number of likely N-dealkylation sites (N-methyl/N-ethyl adjacent to an activating group) is 1. The van der Waals surface area contributed by atoms with Crippen molar-refractivity contribution in [3.8, 4) is 0 Å². The zero-order valence-corrected chi connectivity index (χ0v) is 22.1. The fraction of sp³-hybridized carbons (Fsp3) is 0.800. The van der Waals surface area contributed by atoms with Crippen LogP contribution in [0.2, 0.25) is 0 Å². The lowest BCUT2D eigenvalue weighted by Crippen LogP contribution is -2.59. The maximum absolute atomic E-state index is 13.2. The average molecular weight is 454 g/mol. The van der Waals surface area contributed by atoms with Crippen LogP contribution in [-0.2, 0) is 19.1 Å². The van der Waals surface area contributed by atoms with Gasteiger partial charge in [-0.3, -0.25) is 14.5 Å². The Morgan fingerprint density at radius 1 is 1.19 bits per heavy atom. The van der Waals surface area contributed by atoms with Crippen LogP contribution in [0.25, 0.3) is 0 Å². The maximum atomic E-state index is 13.2. The zero-order chi connectivity index (χ0) is 25.1. The van der Waals surface area contributed by atoms with E-state index in [0.717, 1.165) is 25.8 Å². The van der Waals surface area contributed by atoms with Crippen molar-refractivity contribution < 1.29 is 19.1 Å². The Kier molecular flexibility index (Phi) is 13.5. The summed E-state index contributed by atoms with van der Waals surface area (Å²) in [5.41, 5.74) is 0.0146. The second kappa shape index (κ2) is 14.3. The summed E-state index contributed by atoms with van der Waals surface area (Å²) in [6.45, 7) is 19.0. The molecule has 0 radical (unpaired) electrons. The molecule has 2 atom stereocenters. The van der Waals surface area contributed by atoms with Gasteiger partial charge < -0.3 is 15.0 Å². The van der Waals surface area contributed by atoms with Crippen LogP contribution < -0.4 is 5.32 Å². The van der Waals surface area contributed by atoms with Gasteiger partial charge in [-0.25, -0.2) is 4.79 Å². The Labute approximate surface area is 195 Å². The maximum Gasteiger partial charge on any atom is 0.333 e. The third kappa shape index (κ3) is 9.31. The standard InChI is InChI=1S/C23H41N3O4.C2H6/c1-9-30-22(29)17(4)13-15-25(8)21(28)19(23(5,6)7)24-20(27)18-12-10-11-14-26(18)16(2)3;1-2/h13,16,18-19H,9-12,14-15H2,1-8H3,(H,24,27);1-2H3/b17-13+;. The lowest BCUT2D eigenvalue weighted by atomic mass is 9.85. The number of hydrogen-bond donors (Lipinski definition) is 1. The Balaban J connectivity index is 0.00000466. The zero-order valence-electron chi connectivity index (χ0n) is 22.1. The summed E-state index contributed by atoms with van der Waals surface area (Å²) in [7, 11) is 1.68. The van der Waals surface area contributed by atoms with Gasteiger partial charge in [0.05, 0.1) is 12.6 Å². The fourth-order valence-electron chi connectivity index (χ4n) is 3.65. The summed E-state index contributed by atoms with van der Waals surface area (Å²) in [5.74, 6) is -0.635. The highest BCUT2D eigenvalue weighted by molar-refractivity contribution is 5.91. The number of piperidine rings is 1. The van der Waals surface area contributed by atoms with E-state index >= 15 is 0 Å². The molecule has 1 fully saturated rings. The van der Waals surface area contributed by atoms with Crippen LogP contribution in [0, 0.1) is 5.41 Å². The van der Waals surface area contributed by atoms with E-state index in [1.54, 1.807) is 31.9 Å². The molecule has 0 aliphatic carbocycles. The first-order valence-corrected chi connectivity index (χ1v) is 12.0. The van der Waals surface area contributed by atoms with E-state index in [1.807, 2.05) is 34.6 Å². The van der Waals surface area contributed by atoms with Gasteiger partial charge in [-0.15, -0.1) is 0 Å². The molecule has 1 rings (SSSR count). The minimum Gasteiger partial charge on any atom is -0.463 e. The molecule has 0 spiro atoms. The second-order valence-electron chi connectivity index (χ2n) is 9.48. The summed E-state index contributed by atoms with van der Waals surface area (Å²) in [5, 5.41) is 3.04. The Morgan fingerprint density at radius 3 is 2.28 bits per heavy atom. The number of carbonyl (C=O) groups excluding carboxylic acids is 3. The minimum atomic E-state index is -0.651. The molecule has 0 aromatic carbocycles. The van der Waals surface area contributed by atoms with Gasteiger partial charge >= 0.3 is 5.97 Å². The van der Waals surface area contributed by atoms with Crippen LogP contribution in [0.3, 0.4) is 0 Å². The summed E-state index contributed by atoms with van der Waals surface area (Å²) in [6, 6.07) is -0.571. The van der Waals surface area contributed by atoms with Crippen LogP contribution in [-0.4, -0.2) is 72.5 Å². The molecule has 0 bridgehead atoms. The third-order valence-corrected chi connectivity index (χ3v) is 5.55. The fourth-order valence-corrected chi connectivity index (χ4v) is 3.65. The number of ether oxygens (including phenoxy) is 1.